The molecule has 618 valence electrons. The smallest absolute Gasteiger partial charge is 0.462 e. The van der Waals surface area contributed by atoms with Gasteiger partial charge in [-0.15, -0.1) is 0 Å². The highest BCUT2D eigenvalue weighted by molar-refractivity contribution is 7.47. The van der Waals surface area contributed by atoms with E-state index < -0.39 is 97.5 Å². The molecule has 0 bridgehead atoms. The topological polar surface area (TPSA) is 237 Å². The molecule has 17 nitrogen and oxygen atoms in total. The van der Waals surface area contributed by atoms with Crippen molar-refractivity contribution in [3.63, 3.8) is 0 Å². The van der Waals surface area contributed by atoms with Gasteiger partial charge in [0, 0.05) is 25.7 Å². The highest BCUT2D eigenvalue weighted by Crippen LogP contribution is 2.45. The largest absolute Gasteiger partial charge is 0.472 e. The molecule has 0 radical (unpaired) electrons. The number of carbonyl (C=O) groups excluding carboxylic acids is 4. The maximum atomic E-state index is 13.1. The lowest BCUT2D eigenvalue weighted by Crippen LogP contribution is -2.30. The Hall–Kier alpha value is -1.94. The monoisotopic (exact) mass is 1520 g/mol. The first-order chi connectivity index (χ1) is 50.3. The molecule has 0 aromatic heterocycles. The Morgan fingerprint density at radius 3 is 0.731 bits per heavy atom. The maximum Gasteiger partial charge on any atom is 0.472 e. The van der Waals surface area contributed by atoms with Crippen molar-refractivity contribution < 1.29 is 80.2 Å². The molecule has 4 unspecified atom stereocenters. The zero-order valence-electron chi connectivity index (χ0n) is 68.5. The van der Waals surface area contributed by atoms with Gasteiger partial charge in [-0.1, -0.05) is 395 Å². The Morgan fingerprint density at radius 2 is 0.490 bits per heavy atom. The summed E-state index contributed by atoms with van der Waals surface area (Å²) in [5.74, 6) is 0.258. The lowest BCUT2D eigenvalue weighted by Gasteiger charge is -2.21. The van der Waals surface area contributed by atoms with Crippen LogP contribution >= 0.6 is 15.6 Å². The predicted octanol–water partition coefficient (Wildman–Crippen LogP) is 25.7. The molecule has 0 aliphatic rings. The van der Waals surface area contributed by atoms with Gasteiger partial charge in [-0.25, -0.2) is 9.13 Å². The van der Waals surface area contributed by atoms with E-state index in [-0.39, 0.29) is 25.7 Å². The second kappa shape index (κ2) is 75.1. The number of hydrogen-bond acceptors (Lipinski definition) is 15. The Balaban J connectivity index is 5.22. The van der Waals surface area contributed by atoms with E-state index in [4.69, 9.17) is 37.0 Å². The Kier molecular flexibility index (Phi) is 73.7. The van der Waals surface area contributed by atoms with E-state index in [1.165, 1.54) is 257 Å². The van der Waals surface area contributed by atoms with Crippen LogP contribution in [0.2, 0.25) is 0 Å². The molecule has 0 amide bonds. The van der Waals surface area contributed by atoms with Crippen LogP contribution in [-0.4, -0.2) is 96.7 Å². The summed E-state index contributed by atoms with van der Waals surface area (Å²) < 4.78 is 68.8. The fourth-order valence-electron chi connectivity index (χ4n) is 13.1. The van der Waals surface area contributed by atoms with Gasteiger partial charge >= 0.3 is 39.5 Å². The van der Waals surface area contributed by atoms with Crippen LogP contribution in [0, 0.1) is 17.8 Å². The third kappa shape index (κ3) is 75.5. The molecule has 0 fully saturated rings. The van der Waals surface area contributed by atoms with Crippen LogP contribution in [0.5, 0.6) is 0 Å². The third-order valence-electron chi connectivity index (χ3n) is 20.6. The SMILES string of the molecule is CCCCCCCCCCCCCCCCCCCCCC(=O)OC[C@H](COP(=O)(O)OC[C@@H](O)COP(=O)(O)OC[C@@H](COC(=O)CCCCCCCCCCC(C)C)OC(=O)CCCCCCCCCCC(C)CC)OC(=O)CCCCCCCCCCCCCCCCCCCCC(C)CC. The average Bonchev–Trinajstić information content (AvgIpc) is 0.925. The van der Waals surface area contributed by atoms with E-state index in [9.17, 15) is 43.2 Å². The number of phosphoric ester groups is 2. The number of aliphatic hydroxyl groups is 1. The molecule has 3 N–H and O–H groups in total. The molecule has 0 aromatic carbocycles. The van der Waals surface area contributed by atoms with Crippen LogP contribution < -0.4 is 0 Å². The van der Waals surface area contributed by atoms with Crippen molar-refractivity contribution in [2.45, 2.75) is 465 Å². The number of ether oxygens (including phenoxy) is 4. The lowest BCUT2D eigenvalue weighted by atomic mass is 9.99. The number of phosphoric acid groups is 2. The summed E-state index contributed by atoms with van der Waals surface area (Å²) >= 11 is 0. The van der Waals surface area contributed by atoms with E-state index in [0.717, 1.165) is 108 Å². The van der Waals surface area contributed by atoms with Gasteiger partial charge in [0.25, 0.3) is 0 Å². The zero-order chi connectivity index (χ0) is 76.5. The van der Waals surface area contributed by atoms with Crippen LogP contribution in [0.3, 0.4) is 0 Å². The van der Waals surface area contributed by atoms with Gasteiger partial charge < -0.3 is 33.8 Å². The maximum absolute atomic E-state index is 13.1. The van der Waals surface area contributed by atoms with Crippen LogP contribution in [0.25, 0.3) is 0 Å². The van der Waals surface area contributed by atoms with Crippen LogP contribution in [0.1, 0.15) is 447 Å². The van der Waals surface area contributed by atoms with Crippen molar-refractivity contribution >= 4 is 39.5 Å². The van der Waals surface area contributed by atoms with Crippen molar-refractivity contribution in [1.29, 1.82) is 0 Å². The molecule has 7 atom stereocenters. The number of rotatable bonds is 83. The molecule has 0 saturated heterocycles. The number of aliphatic hydroxyl groups excluding tert-OH is 1. The quantitative estimate of drug-likeness (QED) is 0.0222. The fourth-order valence-corrected chi connectivity index (χ4v) is 14.7. The molecule has 0 aliphatic carbocycles. The molecule has 0 saturated carbocycles. The van der Waals surface area contributed by atoms with E-state index >= 15 is 0 Å². The number of esters is 4. The Bertz CT molecular complexity index is 2010. The Labute approximate surface area is 638 Å². The second-order valence-electron chi connectivity index (χ2n) is 31.5. The van der Waals surface area contributed by atoms with Gasteiger partial charge in [-0.05, 0) is 43.4 Å². The summed E-state index contributed by atoms with van der Waals surface area (Å²) in [6.07, 6.45) is 65.3. The van der Waals surface area contributed by atoms with Crippen molar-refractivity contribution in [2.75, 3.05) is 39.6 Å². The van der Waals surface area contributed by atoms with Crippen molar-refractivity contribution in [1.82, 2.24) is 0 Å². The van der Waals surface area contributed by atoms with Gasteiger partial charge in [0.15, 0.2) is 12.2 Å². The van der Waals surface area contributed by atoms with E-state index in [2.05, 4.69) is 48.5 Å². The van der Waals surface area contributed by atoms with Gasteiger partial charge in [0.05, 0.1) is 26.4 Å². The average molecular weight is 1520 g/mol. The standard InChI is InChI=1S/C85H166O17P2/c1-8-11-12-13-14-15-16-17-18-19-20-24-27-30-33-36-45-52-59-66-82(87)95-72-80(101-84(89)68-61-54-47-37-34-31-28-25-22-21-23-26-29-32-35-43-50-57-64-77(6)9-2)74-99-103(91,92)97-70-79(86)71-98-104(93,94)100-75-81(73-96-83(88)67-60-53-46-40-38-42-49-56-63-76(4)5)102-85(90)69-62-55-48-41-39-44-51-58-65-78(7)10-3/h76-81,86H,8-75H2,1-7H3,(H,91,92)(H,93,94)/t77?,78?,79-,80-,81-/m1/s1. The first kappa shape index (κ1) is 102. The molecule has 0 rings (SSSR count). The van der Waals surface area contributed by atoms with Crippen LogP contribution in [-0.2, 0) is 65.4 Å². The highest BCUT2D eigenvalue weighted by Gasteiger charge is 2.30. The molecule has 104 heavy (non-hydrogen) atoms. The molecular formula is C85H166O17P2. The molecule has 0 spiro atoms. The second-order valence-corrected chi connectivity index (χ2v) is 34.4. The number of hydrogen-bond donors (Lipinski definition) is 3. The lowest BCUT2D eigenvalue weighted by molar-refractivity contribution is -0.161. The first-order valence-corrected chi connectivity index (χ1v) is 46.9. The van der Waals surface area contributed by atoms with Gasteiger partial charge in [-0.2, -0.15) is 0 Å². The van der Waals surface area contributed by atoms with E-state index in [0.29, 0.717) is 25.7 Å². The zero-order valence-corrected chi connectivity index (χ0v) is 70.3. The minimum absolute atomic E-state index is 0.105. The summed E-state index contributed by atoms with van der Waals surface area (Å²) in [6, 6.07) is 0. The highest BCUT2D eigenvalue weighted by atomic mass is 31.2. The predicted molar refractivity (Wildman–Crippen MR) is 428 cm³/mol. The van der Waals surface area contributed by atoms with Gasteiger partial charge in [0.2, 0.25) is 0 Å². The summed E-state index contributed by atoms with van der Waals surface area (Å²) in [7, 11) is -9.93. The first-order valence-electron chi connectivity index (χ1n) is 43.9. The summed E-state index contributed by atoms with van der Waals surface area (Å²) in [5.41, 5.74) is 0. The van der Waals surface area contributed by atoms with Crippen LogP contribution in [0.15, 0.2) is 0 Å². The fraction of sp³-hybridized carbons (Fsp3) is 0.953. The van der Waals surface area contributed by atoms with Crippen LogP contribution in [0.4, 0.5) is 0 Å². The molecule has 19 heteroatoms. The van der Waals surface area contributed by atoms with Gasteiger partial charge in [-0.3, -0.25) is 37.3 Å². The van der Waals surface area contributed by atoms with Crippen molar-refractivity contribution in [3.8, 4) is 0 Å². The van der Waals surface area contributed by atoms with Crippen molar-refractivity contribution in [3.05, 3.63) is 0 Å². The summed E-state index contributed by atoms with van der Waals surface area (Å²) in [4.78, 5) is 73.1. The van der Waals surface area contributed by atoms with E-state index in [1.54, 1.807) is 0 Å². The Morgan fingerprint density at radius 1 is 0.279 bits per heavy atom. The minimum atomic E-state index is -4.97. The van der Waals surface area contributed by atoms with Gasteiger partial charge in [0.1, 0.15) is 19.3 Å². The number of unbranched alkanes of at least 4 members (excludes halogenated alkanes) is 49. The third-order valence-corrected chi connectivity index (χ3v) is 22.5. The number of carbonyl (C=O) groups is 4. The normalized spacial score (nSPS) is 14.4. The van der Waals surface area contributed by atoms with E-state index in [1.807, 2.05) is 0 Å². The molecule has 0 aliphatic heterocycles. The molecular weight excluding hydrogens is 1350 g/mol. The minimum Gasteiger partial charge on any atom is -0.462 e. The molecule has 0 aromatic rings. The van der Waals surface area contributed by atoms with Crippen molar-refractivity contribution in [2.24, 2.45) is 17.8 Å². The summed E-state index contributed by atoms with van der Waals surface area (Å²) in [6.45, 7) is 12.0. The molecule has 0 heterocycles. The summed E-state index contributed by atoms with van der Waals surface area (Å²) in [5, 5.41) is 10.7.